The van der Waals surface area contributed by atoms with E-state index in [1.54, 1.807) is 0 Å². The molecule has 6 heterocycles. The molecule has 0 N–H and O–H groups in total. The van der Waals surface area contributed by atoms with Crippen molar-refractivity contribution < 1.29 is 49.4 Å². The van der Waals surface area contributed by atoms with Crippen LogP contribution in [-0.4, -0.2) is 70.4 Å². The molecule has 8 bridgehead atoms. The van der Waals surface area contributed by atoms with Crippen LogP contribution in [0.4, 0.5) is 0 Å². The number of hydrogen-bond donors (Lipinski definition) is 0. The van der Waals surface area contributed by atoms with Gasteiger partial charge in [0.05, 0.1) is 0 Å². The molecule has 0 aromatic rings. The van der Waals surface area contributed by atoms with Crippen molar-refractivity contribution in [3.05, 3.63) is 0 Å². The number of hydrogen-bond acceptors (Lipinski definition) is 12. The zero-order chi connectivity index (χ0) is 44.6. The summed E-state index contributed by atoms with van der Waals surface area (Å²) >= 11 is 0. The Morgan fingerprint density at radius 1 is 0.258 bits per heavy atom. The van der Waals surface area contributed by atoms with E-state index < -0.39 is 70.4 Å². The van der Waals surface area contributed by atoms with Crippen molar-refractivity contribution in [1.82, 2.24) is 0 Å². The molecule has 0 aromatic heterocycles. The van der Waals surface area contributed by atoms with Gasteiger partial charge < -0.3 is 49.4 Å². The first-order valence-electron chi connectivity index (χ1n) is 28.6. The maximum atomic E-state index is 8.71. The Balaban J connectivity index is 1.19. The molecule has 0 aromatic carbocycles. The largest absolute Gasteiger partial charge is 0.482 e. The second kappa shape index (κ2) is 19.2. The Hall–Kier alpha value is 1.26. The third-order valence-electron chi connectivity index (χ3n) is 19.4. The second-order valence-electron chi connectivity index (χ2n) is 23.7. The van der Waals surface area contributed by atoms with Gasteiger partial charge in [-0.3, -0.25) is 0 Å². The van der Waals surface area contributed by atoms with Crippen LogP contribution in [0.3, 0.4) is 0 Å². The Labute approximate surface area is 406 Å². The van der Waals surface area contributed by atoms with Crippen molar-refractivity contribution in [2.75, 3.05) is 0 Å². The highest BCUT2D eigenvalue weighted by atomic mass is 28.6. The fourth-order valence-electron chi connectivity index (χ4n) is 15.4. The van der Waals surface area contributed by atoms with E-state index in [-0.39, 0.29) is 44.3 Å². The number of rotatable bonds is 9. The van der Waals surface area contributed by atoms with E-state index in [1.165, 1.54) is 44.9 Å². The van der Waals surface area contributed by atoms with Gasteiger partial charge >= 0.3 is 70.4 Å². The van der Waals surface area contributed by atoms with E-state index >= 15 is 0 Å². The zero-order valence-corrected chi connectivity index (χ0v) is 49.0. The third kappa shape index (κ3) is 8.38. The molecular formula is C46H86O12Si8. The first kappa shape index (κ1) is 48.2. The zero-order valence-electron chi connectivity index (χ0n) is 41.0. The summed E-state index contributed by atoms with van der Waals surface area (Å²) in [6, 6.07) is 0. The van der Waals surface area contributed by atoms with Crippen molar-refractivity contribution in [2.45, 2.75) is 289 Å². The van der Waals surface area contributed by atoms with Crippen LogP contribution in [0.5, 0.6) is 0 Å². The predicted octanol–water partition coefficient (Wildman–Crippen LogP) is 13.9. The Kier molecular flexibility index (Phi) is 14.0. The Morgan fingerprint density at radius 2 is 0.409 bits per heavy atom. The van der Waals surface area contributed by atoms with Gasteiger partial charge in [0, 0.05) is 44.3 Å². The highest BCUT2D eigenvalue weighted by Gasteiger charge is 2.88. The Morgan fingerprint density at radius 3 is 0.561 bits per heavy atom. The summed E-state index contributed by atoms with van der Waals surface area (Å²) in [5.41, 5.74) is 0.350. The van der Waals surface area contributed by atoms with Crippen molar-refractivity contribution in [3.8, 4) is 0 Å². The molecule has 1 unspecified atom stereocenters. The van der Waals surface area contributed by atoms with E-state index in [0.717, 1.165) is 186 Å². The molecular weight excluding hydrogens is 969 g/mol. The topological polar surface area (TPSA) is 111 Å². The van der Waals surface area contributed by atoms with Crippen LogP contribution >= 0.6 is 0 Å². The predicted molar refractivity (Wildman–Crippen MR) is 267 cm³/mol. The molecule has 0 spiro atoms. The SMILES string of the molecule is CCC(C)[Si]12O[Si]3(C4CCCCC4)O[Si]4(C5CCCCC5)O[Si](C5CCCCC5)(O1)O[Si]1(C5CCCCC5)O[Si](C5CCCCC5)(O2)O[Si](C2CCCCC2)(O3)O[Si](C2CCCCC2)(O4)O1. The van der Waals surface area contributed by atoms with E-state index in [1.807, 2.05) is 0 Å². The molecule has 66 heavy (non-hydrogen) atoms. The van der Waals surface area contributed by atoms with Gasteiger partial charge in [0.1, 0.15) is 0 Å². The first-order chi connectivity index (χ1) is 32.2. The highest BCUT2D eigenvalue weighted by molar-refractivity contribution is 7.04. The lowest BCUT2D eigenvalue weighted by Crippen LogP contribution is -2.91. The van der Waals surface area contributed by atoms with E-state index in [2.05, 4.69) is 13.8 Å². The Bertz CT molecular complexity index is 1490. The molecule has 7 saturated carbocycles. The van der Waals surface area contributed by atoms with Crippen LogP contribution < -0.4 is 0 Å². The average molecular weight is 1060 g/mol. The van der Waals surface area contributed by atoms with E-state index in [9.17, 15) is 0 Å². The summed E-state index contributed by atoms with van der Waals surface area (Å²) in [7, 11) is -31.8. The molecule has 6 aliphatic heterocycles. The highest BCUT2D eigenvalue weighted by Crippen LogP contribution is 2.66. The first-order valence-corrected chi connectivity index (χ1v) is 43.0. The minimum atomic E-state index is -3.98. The molecule has 374 valence electrons. The van der Waals surface area contributed by atoms with Gasteiger partial charge in [-0.1, -0.05) is 149 Å². The molecule has 13 rings (SSSR count). The van der Waals surface area contributed by atoms with Crippen LogP contribution in [0.2, 0.25) is 44.3 Å². The van der Waals surface area contributed by atoms with Gasteiger partial charge in [-0.2, -0.15) is 0 Å². The van der Waals surface area contributed by atoms with Crippen molar-refractivity contribution in [2.24, 2.45) is 0 Å². The molecule has 1 atom stereocenters. The molecule has 12 nitrogen and oxygen atoms in total. The van der Waals surface area contributed by atoms with Crippen LogP contribution in [-0.2, 0) is 49.4 Å². The molecule has 0 amide bonds. The molecule has 7 aliphatic carbocycles. The van der Waals surface area contributed by atoms with Crippen molar-refractivity contribution in [1.29, 1.82) is 0 Å². The summed E-state index contributed by atoms with van der Waals surface area (Å²) in [5, 5.41) is 0. The van der Waals surface area contributed by atoms with Gasteiger partial charge in [0.25, 0.3) is 0 Å². The molecule has 20 heteroatoms. The van der Waals surface area contributed by atoms with Gasteiger partial charge in [-0.05, 0) is 96.3 Å². The lowest BCUT2D eigenvalue weighted by Gasteiger charge is -2.68. The lowest BCUT2D eigenvalue weighted by atomic mass is 10.0. The van der Waals surface area contributed by atoms with Crippen LogP contribution in [0.1, 0.15) is 245 Å². The molecule has 13 aliphatic rings. The minimum Gasteiger partial charge on any atom is -0.373 e. The van der Waals surface area contributed by atoms with Crippen LogP contribution in [0.15, 0.2) is 0 Å². The summed E-state index contributed by atoms with van der Waals surface area (Å²) in [6.45, 7) is 4.63. The fraction of sp³-hybridized carbons (Fsp3) is 1.00. The monoisotopic (exact) mass is 1050 g/mol. The lowest BCUT2D eigenvalue weighted by molar-refractivity contribution is -0.0532. The smallest absolute Gasteiger partial charge is 0.373 e. The average Bonchev–Trinajstić information content (AvgIpc) is 3.35. The van der Waals surface area contributed by atoms with Gasteiger partial charge in [-0.25, -0.2) is 0 Å². The minimum absolute atomic E-state index is 0.0561. The second-order valence-corrected chi connectivity index (χ2v) is 49.9. The normalized spacial score (nSPS) is 47.2. The van der Waals surface area contributed by atoms with Crippen molar-refractivity contribution >= 4 is 70.4 Å². The standard InChI is InChI=1S/C46H86O12Si8/c1-3-39(2)59-47-60(40-25-11-4-12-26-40)50-63(43-31-17-7-18-32-43)52-61(48-59,41-27-13-5-14-28-41)54-65(45-35-21-9-22-36-45)55-62(49-59,42-29-15-6-16-30-42)53-64(51-60,44-33-19-8-20-34-44)57-66(56-63,58-65)46-37-23-10-24-38-46/h39-46H,3-38H2,1-2H3. The van der Waals surface area contributed by atoms with Crippen LogP contribution in [0, 0.1) is 0 Å². The van der Waals surface area contributed by atoms with Gasteiger partial charge in [-0.15, -0.1) is 0 Å². The maximum absolute atomic E-state index is 8.71. The summed E-state index contributed by atoms with van der Waals surface area (Å²) in [5.74, 6) is 0. The van der Waals surface area contributed by atoms with E-state index in [0.29, 0.717) is 0 Å². The summed E-state index contributed by atoms with van der Waals surface area (Å²) < 4.78 is 104. The third-order valence-corrected chi connectivity index (χ3v) is 59.3. The quantitative estimate of drug-likeness (QED) is 0.205. The van der Waals surface area contributed by atoms with Crippen LogP contribution in [0.25, 0.3) is 0 Å². The van der Waals surface area contributed by atoms with Gasteiger partial charge in [0.2, 0.25) is 0 Å². The maximum Gasteiger partial charge on any atom is 0.482 e. The molecule has 13 fully saturated rings. The summed E-state index contributed by atoms with van der Waals surface area (Å²) in [6.07, 6.45) is 39.1. The molecule has 6 saturated heterocycles. The molecule has 0 radical (unpaired) electrons. The van der Waals surface area contributed by atoms with E-state index in [4.69, 9.17) is 49.4 Å². The van der Waals surface area contributed by atoms with Gasteiger partial charge in [0.15, 0.2) is 0 Å². The fourth-order valence-corrected chi connectivity index (χ4v) is 72.1. The summed E-state index contributed by atoms with van der Waals surface area (Å²) in [4.78, 5) is 0. The van der Waals surface area contributed by atoms with Crippen molar-refractivity contribution in [3.63, 3.8) is 0 Å².